The molecule has 4 rings (SSSR count). The van der Waals surface area contributed by atoms with Gasteiger partial charge in [-0.25, -0.2) is 24.9 Å². The molecule has 7 nitrogen and oxygen atoms in total. The maximum atomic E-state index is 5.91. The predicted molar refractivity (Wildman–Crippen MR) is 96.4 cm³/mol. The van der Waals surface area contributed by atoms with Crippen LogP contribution in [0.4, 0.5) is 17.6 Å². The number of pyridine rings is 1. The summed E-state index contributed by atoms with van der Waals surface area (Å²) in [5, 5.41) is 3.53. The molecule has 1 fully saturated rings. The predicted octanol–water partition coefficient (Wildman–Crippen LogP) is 3.26. The number of nitrogens with zero attached hydrogens (tertiary/aromatic N) is 5. The van der Waals surface area contributed by atoms with Gasteiger partial charge < -0.3 is 11.1 Å². The summed E-state index contributed by atoms with van der Waals surface area (Å²) >= 11 is 5.91. The molecule has 1 saturated carbocycles. The van der Waals surface area contributed by atoms with Crippen LogP contribution in [0.3, 0.4) is 0 Å². The summed E-state index contributed by atoms with van der Waals surface area (Å²) in [6, 6.07) is 5.35. The molecule has 1 aliphatic carbocycles. The monoisotopic (exact) mass is 353 g/mol. The lowest BCUT2D eigenvalue weighted by Gasteiger charge is -2.10. The SMILES string of the molecule is Nc1ncc(-c2ccnc(Nc3ccnc(Cl)c3)n2)c(CC2CC2)n1. The molecule has 3 N–H and O–H groups in total. The molecular weight excluding hydrogens is 338 g/mol. The summed E-state index contributed by atoms with van der Waals surface area (Å²) in [6.07, 6.45) is 8.43. The summed E-state index contributed by atoms with van der Waals surface area (Å²) in [5.74, 6) is 1.44. The van der Waals surface area contributed by atoms with Crippen molar-refractivity contribution in [3.05, 3.63) is 47.6 Å². The van der Waals surface area contributed by atoms with E-state index in [0.29, 0.717) is 23.0 Å². The van der Waals surface area contributed by atoms with Crippen molar-refractivity contribution >= 4 is 29.2 Å². The topological polar surface area (TPSA) is 102 Å². The normalized spacial score (nSPS) is 13.6. The van der Waals surface area contributed by atoms with E-state index in [-0.39, 0.29) is 0 Å². The first-order valence-electron chi connectivity index (χ1n) is 8.01. The van der Waals surface area contributed by atoms with Gasteiger partial charge in [-0.3, -0.25) is 0 Å². The molecule has 0 spiro atoms. The molecule has 0 saturated heterocycles. The van der Waals surface area contributed by atoms with Crippen LogP contribution in [-0.4, -0.2) is 24.9 Å². The Bertz CT molecular complexity index is 911. The maximum absolute atomic E-state index is 5.91. The van der Waals surface area contributed by atoms with E-state index in [1.54, 1.807) is 30.7 Å². The number of rotatable bonds is 5. The Hall–Kier alpha value is -2.80. The minimum atomic E-state index is 0.290. The van der Waals surface area contributed by atoms with Gasteiger partial charge in [0.05, 0.1) is 11.4 Å². The van der Waals surface area contributed by atoms with E-state index in [4.69, 9.17) is 17.3 Å². The first kappa shape index (κ1) is 15.7. The number of nitrogens with two attached hydrogens (primary N) is 1. The van der Waals surface area contributed by atoms with E-state index in [1.165, 1.54) is 12.8 Å². The lowest BCUT2D eigenvalue weighted by atomic mass is 10.1. The molecule has 8 heteroatoms. The van der Waals surface area contributed by atoms with Crippen molar-refractivity contribution in [2.45, 2.75) is 19.3 Å². The van der Waals surface area contributed by atoms with Crippen LogP contribution in [0.15, 0.2) is 36.8 Å². The number of anilines is 3. The van der Waals surface area contributed by atoms with Gasteiger partial charge in [0.15, 0.2) is 0 Å². The van der Waals surface area contributed by atoms with Gasteiger partial charge in [0, 0.05) is 29.8 Å². The summed E-state index contributed by atoms with van der Waals surface area (Å²) in [5.41, 5.74) is 9.11. The van der Waals surface area contributed by atoms with Gasteiger partial charge in [0.2, 0.25) is 11.9 Å². The van der Waals surface area contributed by atoms with E-state index >= 15 is 0 Å². The van der Waals surface area contributed by atoms with E-state index in [9.17, 15) is 0 Å². The van der Waals surface area contributed by atoms with Crippen molar-refractivity contribution in [1.82, 2.24) is 24.9 Å². The van der Waals surface area contributed by atoms with Crippen LogP contribution in [0.2, 0.25) is 5.15 Å². The molecule has 0 radical (unpaired) electrons. The van der Waals surface area contributed by atoms with Gasteiger partial charge in [0.1, 0.15) is 5.15 Å². The molecule has 25 heavy (non-hydrogen) atoms. The molecule has 3 heterocycles. The zero-order chi connectivity index (χ0) is 17.2. The second-order valence-corrected chi connectivity index (χ2v) is 6.38. The molecule has 1 aliphatic rings. The minimum absolute atomic E-state index is 0.290. The Morgan fingerprint density at radius 2 is 1.96 bits per heavy atom. The van der Waals surface area contributed by atoms with Crippen LogP contribution in [0.1, 0.15) is 18.5 Å². The van der Waals surface area contributed by atoms with Gasteiger partial charge in [0.25, 0.3) is 0 Å². The smallest absolute Gasteiger partial charge is 0.227 e. The maximum Gasteiger partial charge on any atom is 0.227 e. The fourth-order valence-electron chi connectivity index (χ4n) is 2.58. The number of halogens is 1. The highest BCUT2D eigenvalue weighted by atomic mass is 35.5. The summed E-state index contributed by atoms with van der Waals surface area (Å²) in [6.45, 7) is 0. The van der Waals surface area contributed by atoms with Crippen LogP contribution in [0.25, 0.3) is 11.3 Å². The Labute approximate surface area is 149 Å². The van der Waals surface area contributed by atoms with E-state index in [2.05, 4.69) is 30.2 Å². The van der Waals surface area contributed by atoms with E-state index in [1.807, 2.05) is 6.07 Å². The third-order valence-electron chi connectivity index (χ3n) is 3.98. The summed E-state index contributed by atoms with van der Waals surface area (Å²) in [4.78, 5) is 21.3. The largest absolute Gasteiger partial charge is 0.368 e. The average Bonchev–Trinajstić information content (AvgIpc) is 3.39. The van der Waals surface area contributed by atoms with E-state index < -0.39 is 0 Å². The van der Waals surface area contributed by atoms with Crippen molar-refractivity contribution < 1.29 is 0 Å². The van der Waals surface area contributed by atoms with Crippen LogP contribution >= 0.6 is 11.6 Å². The van der Waals surface area contributed by atoms with E-state index in [0.717, 1.165) is 29.1 Å². The van der Waals surface area contributed by atoms with Gasteiger partial charge in [-0.05, 0) is 43.4 Å². The Balaban J connectivity index is 1.65. The molecule has 0 bridgehead atoms. The first-order valence-corrected chi connectivity index (χ1v) is 8.38. The second-order valence-electron chi connectivity index (χ2n) is 5.99. The van der Waals surface area contributed by atoms with Crippen molar-refractivity contribution in [2.75, 3.05) is 11.1 Å². The van der Waals surface area contributed by atoms with Crippen molar-refractivity contribution in [1.29, 1.82) is 0 Å². The quantitative estimate of drug-likeness (QED) is 0.678. The molecule has 0 unspecified atom stereocenters. The minimum Gasteiger partial charge on any atom is -0.368 e. The standard InChI is InChI=1S/C17H16ClN7/c18-15-8-11(3-5-20-15)23-17-21-6-4-13(25-17)12-9-22-16(19)24-14(12)7-10-1-2-10/h3-6,8-10H,1-2,7H2,(H2,19,22,24)(H,20,21,23,25). The number of aromatic nitrogens is 5. The lowest BCUT2D eigenvalue weighted by Crippen LogP contribution is -2.04. The average molecular weight is 354 g/mol. The fourth-order valence-corrected chi connectivity index (χ4v) is 2.75. The van der Waals surface area contributed by atoms with Crippen molar-refractivity contribution in [2.24, 2.45) is 5.92 Å². The highest BCUT2D eigenvalue weighted by Gasteiger charge is 2.24. The molecule has 3 aromatic rings. The molecule has 126 valence electrons. The van der Waals surface area contributed by atoms with Crippen LogP contribution in [0, 0.1) is 5.92 Å². The number of nitrogen functional groups attached to an aromatic ring is 1. The van der Waals surface area contributed by atoms with Crippen LogP contribution in [0.5, 0.6) is 0 Å². The zero-order valence-electron chi connectivity index (χ0n) is 13.4. The van der Waals surface area contributed by atoms with Gasteiger partial charge in [-0.2, -0.15) is 0 Å². The van der Waals surface area contributed by atoms with Gasteiger partial charge in [-0.15, -0.1) is 0 Å². The Morgan fingerprint density at radius 3 is 2.76 bits per heavy atom. The van der Waals surface area contributed by atoms with Crippen LogP contribution in [-0.2, 0) is 6.42 Å². The fraction of sp³-hybridized carbons (Fsp3) is 0.235. The van der Waals surface area contributed by atoms with Crippen LogP contribution < -0.4 is 11.1 Å². The van der Waals surface area contributed by atoms with Gasteiger partial charge >= 0.3 is 0 Å². The molecule has 0 aliphatic heterocycles. The second kappa shape index (κ2) is 6.60. The highest BCUT2D eigenvalue weighted by molar-refractivity contribution is 6.29. The Kier molecular flexibility index (Phi) is 4.15. The first-order chi connectivity index (χ1) is 12.2. The molecule has 0 aromatic carbocycles. The number of hydrogen-bond acceptors (Lipinski definition) is 7. The third-order valence-corrected chi connectivity index (χ3v) is 4.19. The summed E-state index contributed by atoms with van der Waals surface area (Å²) in [7, 11) is 0. The molecule has 3 aromatic heterocycles. The molecule has 0 atom stereocenters. The molecule has 0 amide bonds. The molecular formula is C17H16ClN7. The zero-order valence-corrected chi connectivity index (χ0v) is 14.1. The highest BCUT2D eigenvalue weighted by Crippen LogP contribution is 2.34. The summed E-state index contributed by atoms with van der Waals surface area (Å²) < 4.78 is 0. The van der Waals surface area contributed by atoms with Crippen molar-refractivity contribution in [3.63, 3.8) is 0 Å². The van der Waals surface area contributed by atoms with Crippen molar-refractivity contribution in [3.8, 4) is 11.3 Å². The Morgan fingerprint density at radius 1 is 1.12 bits per heavy atom. The van der Waals surface area contributed by atoms with Gasteiger partial charge in [-0.1, -0.05) is 11.6 Å². The number of nitrogens with one attached hydrogen (secondary N) is 1. The third kappa shape index (κ3) is 3.83. The lowest BCUT2D eigenvalue weighted by molar-refractivity contribution is 0.802. The number of hydrogen-bond donors (Lipinski definition) is 2.